The zero-order valence-electron chi connectivity index (χ0n) is 9.19. The third kappa shape index (κ3) is 1.44. The maximum absolute atomic E-state index is 11.0. The molecule has 2 aromatic rings. The van der Waals surface area contributed by atoms with Crippen LogP contribution in [0.1, 0.15) is 25.0 Å². The fourth-order valence-electron chi connectivity index (χ4n) is 1.94. The molecule has 0 aliphatic carbocycles. The van der Waals surface area contributed by atoms with Crippen LogP contribution in [0.15, 0.2) is 16.9 Å². The number of rotatable bonds is 3. The second-order valence-electron chi connectivity index (χ2n) is 3.57. The number of nitrogens with zero attached hydrogens (tertiary/aromatic N) is 2. The van der Waals surface area contributed by atoms with Gasteiger partial charge in [-0.2, -0.15) is 0 Å². The molecule has 0 bridgehead atoms. The van der Waals surface area contributed by atoms with Crippen molar-refractivity contribution in [3.8, 4) is 0 Å². The van der Waals surface area contributed by atoms with E-state index < -0.39 is 0 Å². The van der Waals surface area contributed by atoms with Gasteiger partial charge in [0.05, 0.1) is 10.5 Å². The highest BCUT2D eigenvalue weighted by atomic mass is 16.6. The first-order valence-corrected chi connectivity index (χ1v) is 5.22. The molecular weight excluding hydrogens is 208 g/mol. The first-order chi connectivity index (χ1) is 7.69. The second kappa shape index (κ2) is 3.92. The normalized spacial score (nSPS) is 10.9. The monoisotopic (exact) mass is 220 g/mol. The van der Waals surface area contributed by atoms with E-state index in [1.807, 2.05) is 13.8 Å². The summed E-state index contributed by atoms with van der Waals surface area (Å²) in [6.45, 7) is 3.83. The van der Waals surface area contributed by atoms with Crippen molar-refractivity contribution in [3.05, 3.63) is 33.6 Å². The van der Waals surface area contributed by atoms with Crippen molar-refractivity contribution in [2.24, 2.45) is 0 Å². The second-order valence-corrected chi connectivity index (χ2v) is 3.57. The van der Waals surface area contributed by atoms with Crippen LogP contribution in [0.25, 0.3) is 10.9 Å². The Hall–Kier alpha value is -1.91. The molecule has 0 spiro atoms. The predicted molar refractivity (Wildman–Crippen MR) is 59.4 cm³/mol. The van der Waals surface area contributed by atoms with Crippen molar-refractivity contribution in [2.75, 3.05) is 0 Å². The predicted octanol–water partition coefficient (Wildman–Crippen LogP) is 2.86. The van der Waals surface area contributed by atoms with Gasteiger partial charge in [0, 0.05) is 11.5 Å². The van der Waals surface area contributed by atoms with Crippen LogP contribution in [0.3, 0.4) is 0 Å². The summed E-state index contributed by atoms with van der Waals surface area (Å²) in [6, 6.07) is 1.62. The van der Waals surface area contributed by atoms with E-state index in [1.165, 1.54) is 0 Å². The van der Waals surface area contributed by atoms with Crippen LogP contribution in [-0.4, -0.2) is 10.1 Å². The molecule has 0 amide bonds. The molecule has 0 radical (unpaired) electrons. The number of aromatic nitrogens is 1. The van der Waals surface area contributed by atoms with Gasteiger partial charge in [-0.3, -0.25) is 10.1 Å². The Morgan fingerprint density at radius 2 is 2.19 bits per heavy atom. The number of aryl methyl sites for hydroxylation is 2. The van der Waals surface area contributed by atoms with Gasteiger partial charge in [-0.15, -0.1) is 0 Å². The fourth-order valence-corrected chi connectivity index (χ4v) is 1.94. The van der Waals surface area contributed by atoms with E-state index in [2.05, 4.69) is 5.16 Å². The lowest BCUT2D eigenvalue weighted by molar-refractivity contribution is -0.385. The Morgan fingerprint density at radius 3 is 2.75 bits per heavy atom. The average Bonchev–Trinajstić information content (AvgIpc) is 2.75. The SMILES string of the molecule is CCc1cc([N+](=O)[O-])c(CC)c2nocc12. The van der Waals surface area contributed by atoms with Crippen LogP contribution in [0, 0.1) is 10.1 Å². The standard InChI is InChI=1S/C11H12N2O3/c1-3-7-5-10(13(14)15)8(4-2)11-9(7)6-16-12-11/h5-6H,3-4H2,1-2H3. The summed E-state index contributed by atoms with van der Waals surface area (Å²) in [6.07, 6.45) is 2.85. The molecule has 0 unspecified atom stereocenters. The van der Waals surface area contributed by atoms with Gasteiger partial charge in [0.15, 0.2) is 0 Å². The fraction of sp³-hybridized carbons (Fsp3) is 0.364. The van der Waals surface area contributed by atoms with Crippen molar-refractivity contribution in [1.82, 2.24) is 5.16 Å². The van der Waals surface area contributed by atoms with Crippen LogP contribution in [0.4, 0.5) is 5.69 Å². The minimum atomic E-state index is -0.355. The minimum Gasteiger partial charge on any atom is -0.363 e. The average molecular weight is 220 g/mol. The third-order valence-electron chi connectivity index (χ3n) is 2.75. The van der Waals surface area contributed by atoms with E-state index in [1.54, 1.807) is 12.3 Å². The Balaban J connectivity index is 2.84. The molecule has 1 aromatic heterocycles. The Labute approximate surface area is 92.2 Å². The first kappa shape index (κ1) is 10.6. The summed E-state index contributed by atoms with van der Waals surface area (Å²) in [5.74, 6) is 0. The van der Waals surface area contributed by atoms with Crippen LogP contribution in [0.2, 0.25) is 0 Å². The summed E-state index contributed by atoms with van der Waals surface area (Å²) in [5.41, 5.74) is 2.31. The summed E-state index contributed by atoms with van der Waals surface area (Å²) in [4.78, 5) is 10.6. The van der Waals surface area contributed by atoms with Gasteiger partial charge in [-0.1, -0.05) is 19.0 Å². The van der Waals surface area contributed by atoms with Crippen LogP contribution >= 0.6 is 0 Å². The van der Waals surface area contributed by atoms with E-state index in [-0.39, 0.29) is 10.6 Å². The molecule has 0 saturated carbocycles. The molecule has 0 fully saturated rings. The zero-order valence-corrected chi connectivity index (χ0v) is 9.19. The largest absolute Gasteiger partial charge is 0.363 e. The molecule has 5 heteroatoms. The van der Waals surface area contributed by atoms with Crippen molar-refractivity contribution < 1.29 is 9.45 Å². The highest BCUT2D eigenvalue weighted by Gasteiger charge is 2.20. The summed E-state index contributed by atoms with van der Waals surface area (Å²) < 4.78 is 4.91. The molecule has 0 N–H and O–H groups in total. The third-order valence-corrected chi connectivity index (χ3v) is 2.75. The molecule has 84 valence electrons. The van der Waals surface area contributed by atoms with Crippen molar-refractivity contribution in [3.63, 3.8) is 0 Å². The molecule has 0 aliphatic rings. The maximum Gasteiger partial charge on any atom is 0.275 e. The van der Waals surface area contributed by atoms with Gasteiger partial charge in [-0.25, -0.2) is 0 Å². The van der Waals surface area contributed by atoms with Gasteiger partial charge >= 0.3 is 0 Å². The number of hydrogen-bond donors (Lipinski definition) is 0. The molecule has 1 aromatic carbocycles. The van der Waals surface area contributed by atoms with E-state index >= 15 is 0 Å². The lowest BCUT2D eigenvalue weighted by Crippen LogP contribution is -1.98. The zero-order chi connectivity index (χ0) is 11.7. The molecule has 5 nitrogen and oxygen atoms in total. The molecule has 0 atom stereocenters. The Morgan fingerprint density at radius 1 is 1.44 bits per heavy atom. The van der Waals surface area contributed by atoms with Gasteiger partial charge < -0.3 is 4.52 Å². The molecule has 16 heavy (non-hydrogen) atoms. The number of nitro groups is 1. The van der Waals surface area contributed by atoms with Crippen LogP contribution in [-0.2, 0) is 12.8 Å². The topological polar surface area (TPSA) is 69.2 Å². The molecular formula is C11H12N2O3. The number of benzene rings is 1. The van der Waals surface area contributed by atoms with Crippen LogP contribution in [0.5, 0.6) is 0 Å². The minimum absolute atomic E-state index is 0.140. The highest BCUT2D eigenvalue weighted by Crippen LogP contribution is 2.31. The van der Waals surface area contributed by atoms with Gasteiger partial charge in [0.25, 0.3) is 5.69 Å². The molecule has 0 saturated heterocycles. The summed E-state index contributed by atoms with van der Waals surface area (Å²) in [5, 5.41) is 15.7. The maximum atomic E-state index is 11.0. The van der Waals surface area contributed by atoms with Crippen molar-refractivity contribution in [2.45, 2.75) is 26.7 Å². The van der Waals surface area contributed by atoms with Gasteiger partial charge in [0.1, 0.15) is 11.8 Å². The first-order valence-electron chi connectivity index (χ1n) is 5.22. The number of fused-ring (bicyclic) bond motifs is 1. The van der Waals surface area contributed by atoms with E-state index in [9.17, 15) is 10.1 Å². The van der Waals surface area contributed by atoms with Crippen LogP contribution < -0.4 is 0 Å². The molecule has 0 aliphatic heterocycles. The Bertz CT molecular complexity index is 545. The molecule has 2 rings (SSSR count). The van der Waals surface area contributed by atoms with Gasteiger partial charge in [0.2, 0.25) is 0 Å². The van der Waals surface area contributed by atoms with Gasteiger partial charge in [-0.05, 0) is 18.4 Å². The van der Waals surface area contributed by atoms with E-state index in [0.29, 0.717) is 17.5 Å². The van der Waals surface area contributed by atoms with Crippen molar-refractivity contribution >= 4 is 16.6 Å². The summed E-state index contributed by atoms with van der Waals surface area (Å²) in [7, 11) is 0. The lowest BCUT2D eigenvalue weighted by atomic mass is 10.0. The van der Waals surface area contributed by atoms with Crippen molar-refractivity contribution in [1.29, 1.82) is 0 Å². The smallest absolute Gasteiger partial charge is 0.275 e. The quantitative estimate of drug-likeness (QED) is 0.589. The Kier molecular flexibility index (Phi) is 2.60. The highest BCUT2D eigenvalue weighted by molar-refractivity contribution is 5.87. The van der Waals surface area contributed by atoms with E-state index in [0.717, 1.165) is 17.4 Å². The summed E-state index contributed by atoms with van der Waals surface area (Å²) >= 11 is 0. The van der Waals surface area contributed by atoms with E-state index in [4.69, 9.17) is 4.52 Å². The molecule has 1 heterocycles. The lowest BCUT2D eigenvalue weighted by Gasteiger charge is -2.04. The number of nitro benzene ring substituents is 1. The number of hydrogen-bond acceptors (Lipinski definition) is 4.